The van der Waals surface area contributed by atoms with Crippen LogP contribution in [0, 0.1) is 13.8 Å². The smallest absolute Gasteiger partial charge is 0.258 e. The number of aliphatic hydroxyl groups excluding tert-OH is 1. The molecule has 0 fully saturated rings. The molecule has 6 nitrogen and oxygen atoms in total. The number of aryl methyl sites for hydroxylation is 2. The molecule has 0 aliphatic rings. The van der Waals surface area contributed by atoms with E-state index in [9.17, 15) is 14.7 Å². The number of aliphatic hydroxyl groups is 1. The van der Waals surface area contributed by atoms with Crippen molar-refractivity contribution in [2.45, 2.75) is 58.2 Å². The highest BCUT2D eigenvalue weighted by molar-refractivity contribution is 5.78. The first kappa shape index (κ1) is 27.0. The van der Waals surface area contributed by atoms with Crippen LogP contribution in [0.1, 0.15) is 35.6 Å². The van der Waals surface area contributed by atoms with Gasteiger partial charge >= 0.3 is 0 Å². The molecule has 3 aromatic rings. The van der Waals surface area contributed by atoms with E-state index in [1.807, 2.05) is 92.7 Å². The van der Waals surface area contributed by atoms with Gasteiger partial charge in [0, 0.05) is 13.0 Å². The number of benzene rings is 3. The number of nitrogens with one attached hydrogen (secondary N) is 2. The zero-order valence-electron chi connectivity index (χ0n) is 21.2. The molecule has 3 atom stereocenters. The van der Waals surface area contributed by atoms with Gasteiger partial charge in [0.15, 0.2) is 6.61 Å². The van der Waals surface area contributed by atoms with Crippen molar-refractivity contribution in [3.05, 3.63) is 101 Å². The molecule has 0 aliphatic carbocycles. The number of carbonyl (C=O) groups excluding carboxylic acids is 2. The van der Waals surface area contributed by atoms with Crippen LogP contribution in [-0.4, -0.2) is 41.7 Å². The number of para-hydroxylation sites is 1. The largest absolute Gasteiger partial charge is 0.483 e. The third-order valence-corrected chi connectivity index (χ3v) is 6.12. The normalized spacial score (nSPS) is 13.3. The Bertz CT molecular complexity index is 1100. The van der Waals surface area contributed by atoms with Crippen LogP contribution in [0.5, 0.6) is 5.75 Å². The molecular weight excluding hydrogens is 452 g/mol. The summed E-state index contributed by atoms with van der Waals surface area (Å²) in [5.74, 6) is 0.229. The molecule has 3 rings (SSSR count). The summed E-state index contributed by atoms with van der Waals surface area (Å²) in [5, 5.41) is 17.2. The van der Waals surface area contributed by atoms with Crippen molar-refractivity contribution in [3.63, 3.8) is 0 Å². The minimum atomic E-state index is -0.880. The van der Waals surface area contributed by atoms with E-state index in [0.717, 1.165) is 22.3 Å². The second-order valence-corrected chi connectivity index (χ2v) is 9.26. The molecule has 0 saturated heterocycles. The highest BCUT2D eigenvalue weighted by Crippen LogP contribution is 2.22. The van der Waals surface area contributed by atoms with E-state index >= 15 is 0 Å². The summed E-state index contributed by atoms with van der Waals surface area (Å²) in [7, 11) is 0. The van der Waals surface area contributed by atoms with Crippen LogP contribution in [0.2, 0.25) is 0 Å². The van der Waals surface area contributed by atoms with Crippen LogP contribution in [-0.2, 0) is 22.4 Å². The van der Waals surface area contributed by atoms with Crippen molar-refractivity contribution in [2.75, 3.05) is 6.61 Å². The van der Waals surface area contributed by atoms with Crippen LogP contribution in [0.25, 0.3) is 0 Å². The summed E-state index contributed by atoms with van der Waals surface area (Å²) in [6, 6.07) is 24.6. The molecule has 0 saturated carbocycles. The van der Waals surface area contributed by atoms with Gasteiger partial charge in [-0.1, -0.05) is 78.9 Å². The van der Waals surface area contributed by atoms with Crippen molar-refractivity contribution in [1.29, 1.82) is 0 Å². The summed E-state index contributed by atoms with van der Waals surface area (Å²) in [4.78, 5) is 24.7. The molecule has 6 heteroatoms. The van der Waals surface area contributed by atoms with Gasteiger partial charge in [-0.2, -0.15) is 0 Å². The highest BCUT2D eigenvalue weighted by atomic mass is 16.5. The van der Waals surface area contributed by atoms with Gasteiger partial charge in [-0.3, -0.25) is 9.59 Å². The Labute approximate surface area is 213 Å². The fourth-order valence-electron chi connectivity index (χ4n) is 4.40. The molecule has 36 heavy (non-hydrogen) atoms. The van der Waals surface area contributed by atoms with Crippen LogP contribution in [0.15, 0.2) is 78.9 Å². The Morgan fingerprint density at radius 1 is 0.806 bits per heavy atom. The van der Waals surface area contributed by atoms with Crippen molar-refractivity contribution in [1.82, 2.24) is 10.6 Å². The Morgan fingerprint density at radius 2 is 1.36 bits per heavy atom. The van der Waals surface area contributed by atoms with Gasteiger partial charge in [-0.25, -0.2) is 0 Å². The highest BCUT2D eigenvalue weighted by Gasteiger charge is 2.26. The molecule has 0 radical (unpaired) electrons. The molecule has 2 amide bonds. The van der Waals surface area contributed by atoms with E-state index in [2.05, 4.69) is 10.6 Å². The van der Waals surface area contributed by atoms with Crippen molar-refractivity contribution in [3.8, 4) is 5.75 Å². The Hall–Kier alpha value is -3.64. The van der Waals surface area contributed by atoms with Gasteiger partial charge in [-0.15, -0.1) is 0 Å². The predicted molar refractivity (Wildman–Crippen MR) is 142 cm³/mol. The monoisotopic (exact) mass is 488 g/mol. The average molecular weight is 489 g/mol. The fraction of sp³-hybridized carbons (Fsp3) is 0.333. The molecule has 0 bridgehead atoms. The third kappa shape index (κ3) is 8.54. The molecule has 0 aliphatic heterocycles. The number of hydrogen-bond acceptors (Lipinski definition) is 4. The Kier molecular flexibility index (Phi) is 10.1. The molecule has 0 heterocycles. The maximum Gasteiger partial charge on any atom is 0.258 e. The fourth-order valence-corrected chi connectivity index (χ4v) is 4.40. The van der Waals surface area contributed by atoms with Crippen LogP contribution >= 0.6 is 0 Å². The van der Waals surface area contributed by atoms with Gasteiger partial charge in [0.05, 0.1) is 12.1 Å². The maximum absolute atomic E-state index is 12.9. The lowest BCUT2D eigenvalue weighted by molar-refractivity contribution is -0.125. The lowest BCUT2D eigenvalue weighted by Gasteiger charge is -2.28. The molecule has 0 aromatic heterocycles. The van der Waals surface area contributed by atoms with Gasteiger partial charge in [0.2, 0.25) is 5.91 Å². The summed E-state index contributed by atoms with van der Waals surface area (Å²) in [6.07, 6.45) is 0.452. The van der Waals surface area contributed by atoms with Gasteiger partial charge < -0.3 is 20.5 Å². The first-order valence-electron chi connectivity index (χ1n) is 12.3. The molecule has 3 N–H and O–H groups in total. The zero-order chi connectivity index (χ0) is 25.9. The SMILES string of the molecule is CC(=O)N[C@@H](Cc1ccccc1)C[C@H](O)[C@H](Cc1ccccc1)NC(=O)COc1c(C)cccc1C. The first-order chi connectivity index (χ1) is 17.3. The van der Waals surface area contributed by atoms with E-state index in [1.54, 1.807) is 0 Å². The lowest BCUT2D eigenvalue weighted by Crippen LogP contribution is -2.49. The van der Waals surface area contributed by atoms with E-state index in [1.165, 1.54) is 6.92 Å². The number of carbonyl (C=O) groups is 2. The van der Waals surface area contributed by atoms with Crippen molar-refractivity contribution >= 4 is 11.8 Å². The quantitative estimate of drug-likeness (QED) is 0.361. The lowest BCUT2D eigenvalue weighted by atomic mass is 9.93. The standard InChI is InChI=1S/C30H36N2O4/c1-21-11-10-12-22(2)30(21)36-20-29(35)32-27(18-25-15-8-5-9-16-25)28(34)19-26(31-23(3)33)17-24-13-6-4-7-14-24/h4-16,26-28,34H,17-20H2,1-3H3,(H,31,33)(H,32,35)/t26-,27-,28-/m0/s1. The maximum atomic E-state index is 12.9. The van der Waals surface area contributed by atoms with E-state index in [0.29, 0.717) is 25.0 Å². The number of ether oxygens (including phenoxy) is 1. The van der Waals surface area contributed by atoms with Crippen LogP contribution in [0.3, 0.4) is 0 Å². The first-order valence-corrected chi connectivity index (χ1v) is 12.3. The summed E-state index contributed by atoms with van der Waals surface area (Å²) < 4.78 is 5.82. The van der Waals surface area contributed by atoms with Gasteiger partial charge in [-0.05, 0) is 55.4 Å². The summed E-state index contributed by atoms with van der Waals surface area (Å²) >= 11 is 0. The molecule has 0 spiro atoms. The Balaban J connectivity index is 1.71. The second kappa shape index (κ2) is 13.4. The molecule has 190 valence electrons. The Morgan fingerprint density at radius 3 is 1.92 bits per heavy atom. The van der Waals surface area contributed by atoms with Crippen LogP contribution < -0.4 is 15.4 Å². The summed E-state index contributed by atoms with van der Waals surface area (Å²) in [6.45, 7) is 5.20. The number of amides is 2. The van der Waals surface area contributed by atoms with Crippen LogP contribution in [0.4, 0.5) is 0 Å². The second-order valence-electron chi connectivity index (χ2n) is 9.26. The minimum absolute atomic E-state index is 0.150. The number of rotatable bonds is 12. The number of hydrogen-bond donors (Lipinski definition) is 3. The summed E-state index contributed by atoms with van der Waals surface area (Å²) in [5.41, 5.74) is 3.98. The molecule has 3 aromatic carbocycles. The van der Waals surface area contributed by atoms with E-state index < -0.39 is 12.1 Å². The topological polar surface area (TPSA) is 87.7 Å². The molecule has 0 unspecified atom stereocenters. The van der Waals surface area contributed by atoms with Crippen molar-refractivity contribution < 1.29 is 19.4 Å². The average Bonchev–Trinajstić information content (AvgIpc) is 2.84. The van der Waals surface area contributed by atoms with E-state index in [-0.39, 0.29) is 24.5 Å². The minimum Gasteiger partial charge on any atom is -0.483 e. The van der Waals surface area contributed by atoms with Crippen molar-refractivity contribution in [2.24, 2.45) is 0 Å². The molecular formula is C30H36N2O4. The van der Waals surface area contributed by atoms with Gasteiger partial charge in [0.25, 0.3) is 5.91 Å². The third-order valence-electron chi connectivity index (χ3n) is 6.12. The predicted octanol–water partition coefficient (Wildman–Crippen LogP) is 3.91. The zero-order valence-corrected chi connectivity index (χ0v) is 21.2. The van der Waals surface area contributed by atoms with E-state index in [4.69, 9.17) is 4.74 Å². The van der Waals surface area contributed by atoms with Gasteiger partial charge in [0.1, 0.15) is 5.75 Å².